The topological polar surface area (TPSA) is 0 Å². The van der Waals surface area contributed by atoms with Crippen molar-refractivity contribution in [2.75, 3.05) is 0 Å². The van der Waals surface area contributed by atoms with E-state index in [9.17, 15) is 0 Å². The van der Waals surface area contributed by atoms with Crippen molar-refractivity contribution in [3.05, 3.63) is 70.6 Å². The van der Waals surface area contributed by atoms with Crippen molar-refractivity contribution >= 4 is 31.6 Å². The van der Waals surface area contributed by atoms with E-state index < -0.39 is 8.07 Å². The van der Waals surface area contributed by atoms with Gasteiger partial charge < -0.3 is 0 Å². The zero-order valence-corrected chi connectivity index (χ0v) is 14.8. The quantitative estimate of drug-likeness (QED) is 0.469. The molecule has 0 aliphatic heterocycles. The highest BCUT2D eigenvalue weighted by Crippen LogP contribution is 2.36. The van der Waals surface area contributed by atoms with E-state index in [-0.39, 0.29) is 0 Å². The van der Waals surface area contributed by atoms with Gasteiger partial charge in [0.25, 0.3) is 0 Å². The Balaban J connectivity index is 2.16. The molecule has 0 radical (unpaired) electrons. The van der Waals surface area contributed by atoms with Crippen LogP contribution in [0.25, 0.3) is 0 Å². The van der Waals surface area contributed by atoms with Gasteiger partial charge in [0.1, 0.15) is 0 Å². The average molecular weight is 317 g/mol. The Morgan fingerprint density at radius 2 is 1.30 bits per heavy atom. The minimum Gasteiger partial charge on any atom is -0.0986 e. The fraction of sp³-hybridized carbons (Fsp3) is 0.176. The summed E-state index contributed by atoms with van der Waals surface area (Å²) in [5, 5.41) is 2.35. The highest BCUT2D eigenvalue weighted by molar-refractivity contribution is 8.07. The van der Waals surface area contributed by atoms with Crippen molar-refractivity contribution in [2.24, 2.45) is 0 Å². The van der Waals surface area contributed by atoms with Crippen molar-refractivity contribution in [1.82, 2.24) is 0 Å². The smallest absolute Gasteiger partial charge is 0.0869 e. The van der Waals surface area contributed by atoms with Crippen molar-refractivity contribution in [3.63, 3.8) is 0 Å². The normalized spacial score (nSPS) is 12.4. The molecule has 104 valence electrons. The fourth-order valence-corrected chi connectivity index (χ4v) is 6.20. The molecule has 0 spiro atoms. The number of hydrogen-bond donors (Lipinski definition) is 0. The van der Waals surface area contributed by atoms with Gasteiger partial charge in [-0.3, -0.25) is 0 Å². The van der Waals surface area contributed by atoms with Crippen molar-refractivity contribution in [3.8, 4) is 0 Å². The maximum Gasteiger partial charge on any atom is 0.0869 e. The summed E-state index contributed by atoms with van der Waals surface area (Å²) in [6.07, 6.45) is 0. The highest BCUT2D eigenvalue weighted by atomic mass is 32.2. The molecule has 0 saturated carbocycles. The van der Waals surface area contributed by atoms with Gasteiger partial charge in [0.2, 0.25) is 0 Å². The molecule has 0 fully saturated rings. The molecule has 0 amide bonds. The van der Waals surface area contributed by atoms with Gasteiger partial charge in [-0.05, 0) is 34.2 Å². The molecule has 3 heteroatoms. The van der Waals surface area contributed by atoms with E-state index >= 15 is 0 Å². The van der Waals surface area contributed by atoms with Gasteiger partial charge in [0.15, 0.2) is 0 Å². The van der Waals surface area contributed by atoms with Crippen LogP contribution in [0.3, 0.4) is 0 Å². The summed E-state index contributed by atoms with van der Waals surface area (Å²) in [5.41, 5.74) is 0. The number of hydrogen-bond acceptors (Lipinski definition) is 2. The zero-order valence-electron chi connectivity index (χ0n) is 12.2. The Bertz CT molecular complexity index is 557. The van der Waals surface area contributed by atoms with Crippen LogP contribution in [0.5, 0.6) is 0 Å². The molecule has 0 aliphatic carbocycles. The molecule has 0 nitrogen and oxygen atoms in total. The monoisotopic (exact) mass is 316 g/mol. The van der Waals surface area contributed by atoms with Gasteiger partial charge in [-0.2, -0.15) is 0 Å². The van der Waals surface area contributed by atoms with Crippen LogP contribution in [0, 0.1) is 0 Å². The Hall–Kier alpha value is -0.903. The summed E-state index contributed by atoms with van der Waals surface area (Å²) in [5.74, 6) is 0. The van der Waals surface area contributed by atoms with E-state index in [1.54, 1.807) is 0 Å². The van der Waals surface area contributed by atoms with Gasteiger partial charge in [0.05, 0.1) is 8.07 Å². The molecule has 2 rings (SSSR count). The van der Waals surface area contributed by atoms with Crippen molar-refractivity contribution in [1.29, 1.82) is 0 Å². The summed E-state index contributed by atoms with van der Waals surface area (Å²) >= 11 is 3.74. The van der Waals surface area contributed by atoms with Crippen molar-refractivity contribution in [2.45, 2.75) is 29.4 Å². The van der Waals surface area contributed by atoms with Gasteiger partial charge in [-0.25, -0.2) is 0 Å². The molecule has 0 atom stereocenters. The molecule has 2 aromatic rings. The zero-order chi connectivity index (χ0) is 14.4. The first-order valence-corrected chi connectivity index (χ1v) is 11.9. The minimum atomic E-state index is -1.32. The van der Waals surface area contributed by atoms with E-state index in [1.165, 1.54) is 14.3 Å². The molecule has 0 aliphatic rings. The summed E-state index contributed by atoms with van der Waals surface area (Å²) < 4.78 is 1.53. The number of thioether (sulfide) groups is 2. The standard InChI is InChI=1S/C17H20S2Si/c1-20(2,3)17(19-16-12-8-5-9-13-16)14-18-15-10-6-4-7-11-15/h4-14H,1-3H3/b17-14+. The van der Waals surface area contributed by atoms with Crippen LogP contribution in [-0.2, 0) is 0 Å². The van der Waals surface area contributed by atoms with Crippen LogP contribution < -0.4 is 0 Å². The first-order valence-electron chi connectivity index (χ1n) is 6.71. The maximum absolute atomic E-state index is 2.40. The van der Waals surface area contributed by atoms with E-state index in [0.717, 1.165) is 0 Å². The lowest BCUT2D eigenvalue weighted by atomic mass is 10.4. The first kappa shape index (κ1) is 15.5. The first-order chi connectivity index (χ1) is 9.55. The summed E-state index contributed by atoms with van der Waals surface area (Å²) in [7, 11) is -1.32. The van der Waals surface area contributed by atoms with Crippen LogP contribution in [0.4, 0.5) is 0 Å². The molecular formula is C17H20S2Si. The Morgan fingerprint density at radius 3 is 1.80 bits per heavy atom. The van der Waals surface area contributed by atoms with Crippen LogP contribution in [0.2, 0.25) is 19.6 Å². The largest absolute Gasteiger partial charge is 0.0986 e. The third kappa shape index (κ3) is 4.89. The predicted molar refractivity (Wildman–Crippen MR) is 96.0 cm³/mol. The summed E-state index contributed by atoms with van der Waals surface area (Å²) in [4.78, 5) is 2.63. The molecule has 2 aromatic carbocycles. The van der Waals surface area contributed by atoms with Gasteiger partial charge in [0, 0.05) is 9.79 Å². The van der Waals surface area contributed by atoms with Crippen LogP contribution >= 0.6 is 23.5 Å². The lowest BCUT2D eigenvalue weighted by Gasteiger charge is -2.20. The molecule has 0 bridgehead atoms. The van der Waals surface area contributed by atoms with E-state index in [1.807, 2.05) is 23.5 Å². The SMILES string of the molecule is C[Si](C)(C)/C(=C/Sc1ccccc1)Sc1ccccc1. The van der Waals surface area contributed by atoms with Crippen molar-refractivity contribution < 1.29 is 0 Å². The average Bonchev–Trinajstić information content (AvgIpc) is 2.44. The second kappa shape index (κ2) is 7.20. The Morgan fingerprint density at radius 1 is 0.800 bits per heavy atom. The Kier molecular flexibility index (Phi) is 5.58. The van der Waals surface area contributed by atoms with E-state index in [4.69, 9.17) is 0 Å². The number of benzene rings is 2. The molecule has 0 aromatic heterocycles. The molecule has 0 saturated heterocycles. The van der Waals surface area contributed by atoms with Gasteiger partial charge in [-0.1, -0.05) is 79.6 Å². The predicted octanol–water partition coefficient (Wildman–Crippen LogP) is 6.29. The summed E-state index contributed by atoms with van der Waals surface area (Å²) in [6.45, 7) is 7.21. The lowest BCUT2D eigenvalue weighted by molar-refractivity contribution is 1.47. The van der Waals surface area contributed by atoms with E-state index in [0.29, 0.717) is 0 Å². The molecule has 0 N–H and O–H groups in total. The van der Waals surface area contributed by atoms with Crippen LogP contribution in [-0.4, -0.2) is 8.07 Å². The third-order valence-electron chi connectivity index (χ3n) is 2.76. The second-order valence-electron chi connectivity index (χ2n) is 5.58. The molecular weight excluding hydrogens is 296 g/mol. The highest BCUT2D eigenvalue weighted by Gasteiger charge is 2.20. The van der Waals surface area contributed by atoms with Crippen LogP contribution in [0.15, 0.2) is 80.4 Å². The summed E-state index contributed by atoms with van der Waals surface area (Å²) in [6, 6.07) is 21.2. The number of rotatable bonds is 5. The molecule has 20 heavy (non-hydrogen) atoms. The second-order valence-corrected chi connectivity index (χ2v) is 13.0. The Labute approximate surface area is 131 Å². The van der Waals surface area contributed by atoms with Gasteiger partial charge in [-0.15, -0.1) is 0 Å². The molecule has 0 heterocycles. The minimum absolute atomic E-state index is 1.30. The molecule has 0 unspecified atom stereocenters. The fourth-order valence-electron chi connectivity index (χ4n) is 1.59. The maximum atomic E-state index is 2.40. The lowest BCUT2D eigenvalue weighted by Crippen LogP contribution is -2.21. The van der Waals surface area contributed by atoms with E-state index in [2.05, 4.69) is 85.7 Å². The van der Waals surface area contributed by atoms with Crippen LogP contribution in [0.1, 0.15) is 0 Å². The third-order valence-corrected chi connectivity index (χ3v) is 8.62. The van der Waals surface area contributed by atoms with Gasteiger partial charge >= 0.3 is 0 Å².